The summed E-state index contributed by atoms with van der Waals surface area (Å²) in [6.07, 6.45) is -1.37. The first-order chi connectivity index (χ1) is 10.7. The molecule has 1 aromatic carbocycles. The second-order valence-electron chi connectivity index (χ2n) is 5.40. The Kier molecular flexibility index (Phi) is 4.93. The Hall–Kier alpha value is -1.21. The molecule has 22 heavy (non-hydrogen) atoms. The molecule has 0 amide bonds. The minimum atomic E-state index is -0.851. The maximum absolute atomic E-state index is 12.7. The van der Waals surface area contributed by atoms with Gasteiger partial charge >= 0.3 is 0 Å². The van der Waals surface area contributed by atoms with Crippen LogP contribution in [0.25, 0.3) is 0 Å². The predicted molar refractivity (Wildman–Crippen MR) is 76.2 cm³/mol. The van der Waals surface area contributed by atoms with Gasteiger partial charge in [0.1, 0.15) is 24.6 Å². The van der Waals surface area contributed by atoms with E-state index in [1.807, 2.05) is 31.2 Å². The topological polar surface area (TPSA) is 46.2 Å². The average molecular weight is 312 g/mol. The van der Waals surface area contributed by atoms with Crippen LogP contribution in [0.2, 0.25) is 0 Å². The zero-order valence-electron chi connectivity index (χ0n) is 12.7. The lowest BCUT2D eigenvalue weighted by Gasteiger charge is -2.22. The summed E-state index contributed by atoms with van der Waals surface area (Å²) >= 11 is 0. The molecule has 0 bridgehead atoms. The molecule has 5 atom stereocenters. The first kappa shape index (κ1) is 15.7. The van der Waals surface area contributed by atoms with Gasteiger partial charge in [0, 0.05) is 0 Å². The molecule has 122 valence electrons. The summed E-state index contributed by atoms with van der Waals surface area (Å²) in [7, 11) is 1.63. The van der Waals surface area contributed by atoms with E-state index in [0.29, 0.717) is 6.61 Å². The molecule has 1 unspecified atom stereocenters. The molecular weight excluding hydrogens is 291 g/mol. The lowest BCUT2D eigenvalue weighted by atomic mass is 10.1. The summed E-state index contributed by atoms with van der Waals surface area (Å²) < 4.78 is 40.5. The molecule has 2 fully saturated rings. The minimum absolute atomic E-state index is 0.110. The molecule has 2 aliphatic rings. The van der Waals surface area contributed by atoms with Crippen LogP contribution in [0.4, 0.5) is 4.39 Å². The van der Waals surface area contributed by atoms with Crippen LogP contribution in [0, 0.1) is 0 Å². The Morgan fingerprint density at radius 1 is 1.23 bits per heavy atom. The molecule has 2 aliphatic heterocycles. The first-order valence-electron chi connectivity index (χ1n) is 7.52. The summed E-state index contributed by atoms with van der Waals surface area (Å²) in [6.45, 7) is 1.74. The molecule has 6 heteroatoms. The van der Waals surface area contributed by atoms with Crippen LogP contribution in [0.1, 0.15) is 18.9 Å². The summed E-state index contributed by atoms with van der Waals surface area (Å²) in [5.74, 6) is 0.784. The van der Waals surface area contributed by atoms with E-state index < -0.39 is 19.3 Å². The van der Waals surface area contributed by atoms with Gasteiger partial charge in [0.15, 0.2) is 12.6 Å². The molecule has 3 rings (SSSR count). The number of rotatable bonds is 6. The Morgan fingerprint density at radius 3 is 2.82 bits per heavy atom. The second kappa shape index (κ2) is 6.91. The van der Waals surface area contributed by atoms with E-state index in [1.54, 1.807) is 7.11 Å². The fraction of sp³-hybridized carbons (Fsp3) is 0.625. The van der Waals surface area contributed by atoms with E-state index in [9.17, 15) is 4.39 Å². The predicted octanol–water partition coefficient (Wildman–Crippen LogP) is 2.43. The van der Waals surface area contributed by atoms with Crippen LogP contribution in [0.15, 0.2) is 24.3 Å². The summed E-state index contributed by atoms with van der Waals surface area (Å²) in [5, 5.41) is 0. The average Bonchev–Trinajstić information content (AvgIpc) is 3.10. The summed E-state index contributed by atoms with van der Waals surface area (Å²) in [6, 6.07) is 7.68. The van der Waals surface area contributed by atoms with Crippen molar-refractivity contribution in [3.8, 4) is 5.75 Å². The Balaban J connectivity index is 1.64. The molecule has 2 heterocycles. The van der Waals surface area contributed by atoms with Gasteiger partial charge in [-0.25, -0.2) is 4.39 Å². The lowest BCUT2D eigenvalue weighted by Crippen LogP contribution is -2.35. The van der Waals surface area contributed by atoms with Crippen LogP contribution in [-0.4, -0.2) is 44.7 Å². The van der Waals surface area contributed by atoms with Crippen LogP contribution >= 0.6 is 0 Å². The highest BCUT2D eigenvalue weighted by atomic mass is 19.1. The van der Waals surface area contributed by atoms with E-state index in [0.717, 1.165) is 17.7 Å². The van der Waals surface area contributed by atoms with Crippen molar-refractivity contribution < 1.29 is 28.1 Å². The van der Waals surface area contributed by atoms with Crippen molar-refractivity contribution in [3.05, 3.63) is 29.8 Å². The van der Waals surface area contributed by atoms with Gasteiger partial charge in [0.05, 0.1) is 19.8 Å². The maximum atomic E-state index is 12.7. The highest BCUT2D eigenvalue weighted by Gasteiger charge is 2.52. The van der Waals surface area contributed by atoms with E-state index in [2.05, 4.69) is 0 Å². The fourth-order valence-corrected chi connectivity index (χ4v) is 2.86. The molecule has 5 nitrogen and oxygen atoms in total. The number of ether oxygens (including phenoxy) is 5. The highest BCUT2D eigenvalue weighted by Crippen LogP contribution is 2.35. The number of halogens is 1. The number of hydrogen-bond donors (Lipinski definition) is 0. The fourth-order valence-electron chi connectivity index (χ4n) is 2.86. The smallest absolute Gasteiger partial charge is 0.190 e. The quantitative estimate of drug-likeness (QED) is 0.807. The standard InChI is InChI=1S/C16H21FO5/c1-3-12-14(15-16(20-12)22-13(8-17)21-15)19-9-10-5-4-6-11(7-10)18-2/h4-7,12-16H,3,8-9H2,1-2H3/t12-,13?,14+,15-,16-/m1/s1. The minimum Gasteiger partial charge on any atom is -0.497 e. The molecular formula is C16H21FO5. The normalized spacial score (nSPS) is 33.9. The molecule has 2 saturated heterocycles. The van der Waals surface area contributed by atoms with Gasteiger partial charge in [-0.3, -0.25) is 0 Å². The zero-order chi connectivity index (χ0) is 15.5. The molecule has 0 N–H and O–H groups in total. The second-order valence-corrected chi connectivity index (χ2v) is 5.40. The van der Waals surface area contributed by atoms with Gasteiger partial charge in [-0.2, -0.15) is 0 Å². The van der Waals surface area contributed by atoms with Crippen molar-refractivity contribution >= 4 is 0 Å². The molecule has 0 saturated carbocycles. The van der Waals surface area contributed by atoms with Gasteiger partial charge in [-0.05, 0) is 24.1 Å². The largest absolute Gasteiger partial charge is 0.497 e. The van der Waals surface area contributed by atoms with Crippen LogP contribution in [0.5, 0.6) is 5.75 Å². The Bertz CT molecular complexity index is 497. The number of alkyl halides is 1. The van der Waals surface area contributed by atoms with Gasteiger partial charge in [0.2, 0.25) is 0 Å². The number of fused-ring (bicyclic) bond motifs is 1. The third kappa shape index (κ3) is 3.10. The summed E-state index contributed by atoms with van der Waals surface area (Å²) in [4.78, 5) is 0. The van der Waals surface area contributed by atoms with E-state index in [-0.39, 0.29) is 18.3 Å². The molecule has 0 aliphatic carbocycles. The lowest BCUT2D eigenvalue weighted by molar-refractivity contribution is -0.178. The van der Waals surface area contributed by atoms with Crippen molar-refractivity contribution in [2.24, 2.45) is 0 Å². The number of benzene rings is 1. The SMILES string of the molecule is CC[C@H]1O[C@@H]2OC(CF)O[C@@H]2[C@H]1OCc1cccc(OC)c1. The van der Waals surface area contributed by atoms with Gasteiger partial charge in [-0.15, -0.1) is 0 Å². The third-order valence-corrected chi connectivity index (χ3v) is 3.97. The Morgan fingerprint density at radius 2 is 2.09 bits per heavy atom. The van der Waals surface area contributed by atoms with Crippen LogP contribution in [0.3, 0.4) is 0 Å². The first-order valence-corrected chi connectivity index (χ1v) is 7.52. The third-order valence-electron chi connectivity index (χ3n) is 3.97. The molecule has 0 aromatic heterocycles. The molecule has 0 spiro atoms. The Labute approximate surface area is 129 Å². The van der Waals surface area contributed by atoms with Crippen molar-refractivity contribution in [3.63, 3.8) is 0 Å². The van der Waals surface area contributed by atoms with Crippen LogP contribution < -0.4 is 4.74 Å². The van der Waals surface area contributed by atoms with Crippen molar-refractivity contribution in [1.29, 1.82) is 0 Å². The van der Waals surface area contributed by atoms with Crippen molar-refractivity contribution in [2.75, 3.05) is 13.8 Å². The zero-order valence-corrected chi connectivity index (χ0v) is 12.7. The monoisotopic (exact) mass is 312 g/mol. The maximum Gasteiger partial charge on any atom is 0.190 e. The van der Waals surface area contributed by atoms with Crippen molar-refractivity contribution in [1.82, 2.24) is 0 Å². The van der Waals surface area contributed by atoms with Crippen LogP contribution in [-0.2, 0) is 25.6 Å². The van der Waals surface area contributed by atoms with Gasteiger partial charge in [0.25, 0.3) is 0 Å². The molecule has 0 radical (unpaired) electrons. The highest BCUT2D eigenvalue weighted by molar-refractivity contribution is 5.27. The molecule has 1 aromatic rings. The van der Waals surface area contributed by atoms with E-state index in [1.165, 1.54) is 0 Å². The number of methoxy groups -OCH3 is 1. The number of hydrogen-bond acceptors (Lipinski definition) is 5. The van der Waals surface area contributed by atoms with Gasteiger partial charge in [-0.1, -0.05) is 19.1 Å². The van der Waals surface area contributed by atoms with Crippen molar-refractivity contribution in [2.45, 2.75) is 50.8 Å². The van der Waals surface area contributed by atoms with E-state index in [4.69, 9.17) is 23.7 Å². The summed E-state index contributed by atoms with van der Waals surface area (Å²) in [5.41, 5.74) is 0.999. The van der Waals surface area contributed by atoms with Gasteiger partial charge < -0.3 is 23.7 Å². The van der Waals surface area contributed by atoms with E-state index >= 15 is 0 Å².